The van der Waals surface area contributed by atoms with Gasteiger partial charge in [-0.1, -0.05) is 29.3 Å². The van der Waals surface area contributed by atoms with Crippen LogP contribution in [0.4, 0.5) is 0 Å². The Morgan fingerprint density at radius 2 is 1.61 bits per heavy atom. The first-order chi connectivity index (χ1) is 7.99. The monoisotopic (exact) mass is 354 g/mol. The predicted octanol–water partition coefficient (Wildman–Crippen LogP) is 3.61. The van der Waals surface area contributed by atoms with Gasteiger partial charge in [-0.15, -0.1) is 17.0 Å². The van der Waals surface area contributed by atoms with Crippen LogP contribution in [0.1, 0.15) is 5.56 Å². The standard InChI is InChI=1S/C13H20Cl2N2.BrH/c1-16(2)8-9-17(3)7-6-11-4-5-12(14)13(15)10-11;/h4-5,10H,6-9H2,1-3H3;1H. The Hall–Kier alpha value is 0.200. The van der Waals surface area contributed by atoms with Crippen LogP contribution in [0.25, 0.3) is 0 Å². The second kappa shape index (κ2) is 9.16. The van der Waals surface area contributed by atoms with Gasteiger partial charge in [-0.3, -0.25) is 0 Å². The van der Waals surface area contributed by atoms with Gasteiger partial charge in [0.2, 0.25) is 0 Å². The molecule has 18 heavy (non-hydrogen) atoms. The minimum atomic E-state index is 0. The molecular formula is C13H21BrCl2N2. The van der Waals surface area contributed by atoms with Gasteiger partial charge in [0.05, 0.1) is 10.0 Å². The summed E-state index contributed by atoms with van der Waals surface area (Å²) in [4.78, 5) is 4.51. The van der Waals surface area contributed by atoms with Gasteiger partial charge in [0.15, 0.2) is 0 Å². The third-order valence-electron chi connectivity index (χ3n) is 2.70. The first-order valence-electron chi connectivity index (χ1n) is 5.76. The third kappa shape index (κ3) is 6.95. The van der Waals surface area contributed by atoms with Crippen molar-refractivity contribution in [1.82, 2.24) is 9.80 Å². The van der Waals surface area contributed by atoms with Gasteiger partial charge in [-0.2, -0.15) is 0 Å². The first kappa shape index (κ1) is 18.2. The van der Waals surface area contributed by atoms with Crippen LogP contribution in [-0.2, 0) is 6.42 Å². The molecule has 0 aromatic heterocycles. The Labute approximate surface area is 131 Å². The lowest BCUT2D eigenvalue weighted by atomic mass is 10.1. The minimum Gasteiger partial charge on any atom is -0.308 e. The van der Waals surface area contributed by atoms with Gasteiger partial charge in [0, 0.05) is 19.6 Å². The summed E-state index contributed by atoms with van der Waals surface area (Å²) in [5.74, 6) is 0. The van der Waals surface area contributed by atoms with Crippen LogP contribution in [0.2, 0.25) is 10.0 Å². The number of rotatable bonds is 6. The van der Waals surface area contributed by atoms with Crippen molar-refractivity contribution in [2.75, 3.05) is 40.8 Å². The van der Waals surface area contributed by atoms with Crippen LogP contribution < -0.4 is 0 Å². The molecule has 0 radical (unpaired) electrons. The number of halogens is 3. The van der Waals surface area contributed by atoms with Crippen LogP contribution in [0.5, 0.6) is 0 Å². The van der Waals surface area contributed by atoms with Gasteiger partial charge in [-0.25, -0.2) is 0 Å². The molecule has 0 atom stereocenters. The van der Waals surface area contributed by atoms with Gasteiger partial charge in [-0.05, 0) is 45.3 Å². The summed E-state index contributed by atoms with van der Waals surface area (Å²) in [7, 11) is 6.32. The molecule has 5 heteroatoms. The molecule has 1 aromatic carbocycles. The highest BCUT2D eigenvalue weighted by Crippen LogP contribution is 2.22. The average molecular weight is 356 g/mol. The molecule has 0 fully saturated rings. The second-order valence-corrected chi connectivity index (χ2v) is 5.42. The van der Waals surface area contributed by atoms with E-state index >= 15 is 0 Å². The maximum Gasteiger partial charge on any atom is 0.0595 e. The molecule has 0 unspecified atom stereocenters. The van der Waals surface area contributed by atoms with Crippen molar-refractivity contribution >= 4 is 40.2 Å². The smallest absolute Gasteiger partial charge is 0.0595 e. The summed E-state index contributed by atoms with van der Waals surface area (Å²) in [6.45, 7) is 3.19. The van der Waals surface area contributed by atoms with E-state index in [4.69, 9.17) is 23.2 Å². The Balaban J connectivity index is 0.00000289. The molecule has 2 nitrogen and oxygen atoms in total. The number of benzene rings is 1. The van der Waals surface area contributed by atoms with E-state index in [-0.39, 0.29) is 17.0 Å². The molecule has 0 saturated heterocycles. The van der Waals surface area contributed by atoms with Gasteiger partial charge < -0.3 is 9.80 Å². The average Bonchev–Trinajstić information content (AvgIpc) is 2.28. The number of hydrogen-bond acceptors (Lipinski definition) is 2. The van der Waals surface area contributed by atoms with Crippen molar-refractivity contribution in [2.45, 2.75) is 6.42 Å². The predicted molar refractivity (Wildman–Crippen MR) is 86.5 cm³/mol. The summed E-state index contributed by atoms with van der Waals surface area (Å²) in [6.07, 6.45) is 1.00. The molecule has 0 amide bonds. The summed E-state index contributed by atoms with van der Waals surface area (Å²) in [5.41, 5.74) is 1.23. The maximum absolute atomic E-state index is 5.98. The zero-order valence-electron chi connectivity index (χ0n) is 11.1. The summed E-state index contributed by atoms with van der Waals surface area (Å²) >= 11 is 11.9. The Bertz CT molecular complexity index is 359. The van der Waals surface area contributed by atoms with Gasteiger partial charge >= 0.3 is 0 Å². The van der Waals surface area contributed by atoms with Crippen LogP contribution in [-0.4, -0.2) is 50.6 Å². The summed E-state index contributed by atoms with van der Waals surface area (Å²) in [5, 5.41) is 1.26. The van der Waals surface area contributed by atoms with E-state index in [1.807, 2.05) is 18.2 Å². The summed E-state index contributed by atoms with van der Waals surface area (Å²) < 4.78 is 0. The normalized spacial score (nSPS) is 10.8. The van der Waals surface area contributed by atoms with E-state index in [2.05, 4.69) is 30.9 Å². The lowest BCUT2D eigenvalue weighted by Crippen LogP contribution is -2.30. The first-order valence-corrected chi connectivity index (χ1v) is 6.52. The van der Waals surface area contributed by atoms with E-state index in [0.29, 0.717) is 10.0 Å². The Morgan fingerprint density at radius 1 is 0.944 bits per heavy atom. The van der Waals surface area contributed by atoms with Crippen LogP contribution in [0, 0.1) is 0 Å². The van der Waals surface area contributed by atoms with Crippen molar-refractivity contribution in [3.63, 3.8) is 0 Å². The highest BCUT2D eigenvalue weighted by Gasteiger charge is 2.02. The highest BCUT2D eigenvalue weighted by atomic mass is 79.9. The van der Waals surface area contributed by atoms with Crippen LogP contribution in [0.15, 0.2) is 18.2 Å². The van der Waals surface area contributed by atoms with Crippen molar-refractivity contribution in [2.24, 2.45) is 0 Å². The zero-order valence-corrected chi connectivity index (χ0v) is 14.3. The molecule has 0 aliphatic carbocycles. The molecule has 0 bridgehead atoms. The molecule has 0 saturated carbocycles. The molecule has 0 N–H and O–H groups in total. The molecule has 0 aliphatic rings. The molecule has 0 spiro atoms. The van der Waals surface area contributed by atoms with Crippen molar-refractivity contribution in [3.8, 4) is 0 Å². The van der Waals surface area contributed by atoms with E-state index in [0.717, 1.165) is 26.1 Å². The fraction of sp³-hybridized carbons (Fsp3) is 0.538. The Kier molecular flexibility index (Phi) is 9.26. The van der Waals surface area contributed by atoms with E-state index in [1.165, 1.54) is 5.56 Å². The number of nitrogens with zero attached hydrogens (tertiary/aromatic N) is 2. The van der Waals surface area contributed by atoms with Crippen molar-refractivity contribution in [3.05, 3.63) is 33.8 Å². The lowest BCUT2D eigenvalue weighted by molar-refractivity contribution is 0.284. The SMILES string of the molecule is Br.CN(C)CCN(C)CCc1ccc(Cl)c(Cl)c1. The molecule has 104 valence electrons. The highest BCUT2D eigenvalue weighted by molar-refractivity contribution is 8.93. The fourth-order valence-corrected chi connectivity index (χ4v) is 1.82. The van der Waals surface area contributed by atoms with Crippen molar-refractivity contribution in [1.29, 1.82) is 0 Å². The molecule has 0 heterocycles. The molecular weight excluding hydrogens is 335 g/mol. The molecule has 0 aliphatic heterocycles. The van der Waals surface area contributed by atoms with Gasteiger partial charge in [0.25, 0.3) is 0 Å². The van der Waals surface area contributed by atoms with Crippen LogP contribution >= 0.6 is 40.2 Å². The molecule has 1 rings (SSSR count). The Morgan fingerprint density at radius 3 is 2.17 bits per heavy atom. The minimum absolute atomic E-state index is 0. The number of likely N-dealkylation sites (N-methyl/N-ethyl adjacent to an activating group) is 2. The number of hydrogen-bond donors (Lipinski definition) is 0. The topological polar surface area (TPSA) is 6.48 Å². The second-order valence-electron chi connectivity index (χ2n) is 4.61. The summed E-state index contributed by atoms with van der Waals surface area (Å²) in [6, 6.07) is 5.84. The van der Waals surface area contributed by atoms with Crippen LogP contribution in [0.3, 0.4) is 0 Å². The van der Waals surface area contributed by atoms with E-state index < -0.39 is 0 Å². The third-order valence-corrected chi connectivity index (χ3v) is 3.43. The molecule has 1 aromatic rings. The zero-order chi connectivity index (χ0) is 12.8. The lowest BCUT2D eigenvalue weighted by Gasteiger charge is -2.19. The van der Waals surface area contributed by atoms with E-state index in [9.17, 15) is 0 Å². The fourth-order valence-electron chi connectivity index (χ4n) is 1.50. The quantitative estimate of drug-likeness (QED) is 0.769. The van der Waals surface area contributed by atoms with Crippen molar-refractivity contribution < 1.29 is 0 Å². The maximum atomic E-state index is 5.98. The van der Waals surface area contributed by atoms with Gasteiger partial charge in [0.1, 0.15) is 0 Å². The largest absolute Gasteiger partial charge is 0.308 e. The van der Waals surface area contributed by atoms with E-state index in [1.54, 1.807) is 0 Å².